The van der Waals surface area contributed by atoms with E-state index in [9.17, 15) is 41.2 Å². The SMILES string of the molecule is Cc1ccc(-c2cc(C(F)(F)F)nn2-c2ccc(S(=O)(=O)NC(=O)CN(C)[NH+]([O-])NOC(C)N3C(=O)c4ccccc4C3=O)cc2)cc1. The van der Waals surface area contributed by atoms with Crippen molar-refractivity contribution in [3.63, 3.8) is 0 Å². The third-order valence-electron chi connectivity index (χ3n) is 7.22. The minimum Gasteiger partial charge on any atom is -0.591 e. The largest absolute Gasteiger partial charge is 0.591 e. The van der Waals surface area contributed by atoms with Gasteiger partial charge >= 0.3 is 6.18 Å². The molecule has 252 valence electrons. The maximum atomic E-state index is 13.5. The van der Waals surface area contributed by atoms with Gasteiger partial charge in [-0.15, -0.1) is 5.01 Å². The van der Waals surface area contributed by atoms with E-state index in [0.29, 0.717) is 5.56 Å². The highest BCUT2D eigenvalue weighted by Crippen LogP contribution is 2.33. The summed E-state index contributed by atoms with van der Waals surface area (Å²) in [5.74, 6) is -2.34. The summed E-state index contributed by atoms with van der Waals surface area (Å²) in [4.78, 5) is 43.3. The van der Waals surface area contributed by atoms with Crippen molar-refractivity contribution in [2.24, 2.45) is 0 Å². The van der Waals surface area contributed by atoms with Gasteiger partial charge in [0.15, 0.2) is 11.9 Å². The number of benzene rings is 3. The molecule has 5 rings (SSSR count). The highest BCUT2D eigenvalue weighted by atomic mass is 32.2. The van der Waals surface area contributed by atoms with Crippen molar-refractivity contribution < 1.29 is 46.1 Å². The fourth-order valence-corrected chi connectivity index (χ4v) is 5.72. The number of imide groups is 1. The first-order chi connectivity index (χ1) is 22.6. The van der Waals surface area contributed by atoms with Gasteiger partial charge in [0.1, 0.15) is 6.54 Å². The number of rotatable bonds is 11. The molecular formula is C30H28F3N7O7S. The average molecular weight is 688 g/mol. The van der Waals surface area contributed by atoms with Crippen molar-refractivity contribution in [1.82, 2.24) is 30.0 Å². The van der Waals surface area contributed by atoms with Crippen LogP contribution >= 0.6 is 0 Å². The Morgan fingerprint density at radius 1 is 1.02 bits per heavy atom. The second kappa shape index (κ2) is 13.3. The summed E-state index contributed by atoms with van der Waals surface area (Å²) in [6, 6.07) is 18.4. The van der Waals surface area contributed by atoms with Crippen molar-refractivity contribution in [2.45, 2.75) is 31.1 Å². The Balaban J connectivity index is 1.20. The van der Waals surface area contributed by atoms with Gasteiger partial charge < -0.3 is 5.21 Å². The number of aromatic nitrogens is 2. The topological polar surface area (TPSA) is 170 Å². The van der Waals surface area contributed by atoms with Gasteiger partial charge in [-0.1, -0.05) is 42.0 Å². The van der Waals surface area contributed by atoms with E-state index in [1.807, 2.05) is 17.2 Å². The maximum Gasteiger partial charge on any atom is 0.435 e. The highest BCUT2D eigenvalue weighted by Gasteiger charge is 2.39. The van der Waals surface area contributed by atoms with Crippen LogP contribution in [0.4, 0.5) is 13.2 Å². The Hall–Kier alpha value is -4.98. The number of halogens is 3. The molecular weight excluding hydrogens is 659 g/mol. The van der Waals surface area contributed by atoms with Crippen LogP contribution < -0.4 is 15.6 Å². The number of nitrogens with zero attached hydrogens (tertiary/aromatic N) is 4. The number of alkyl halides is 3. The van der Waals surface area contributed by atoms with Gasteiger partial charge in [0, 0.05) is 12.6 Å². The van der Waals surface area contributed by atoms with E-state index in [4.69, 9.17) is 4.84 Å². The van der Waals surface area contributed by atoms with Crippen LogP contribution in [0, 0.1) is 12.1 Å². The molecule has 0 radical (unpaired) electrons. The van der Waals surface area contributed by atoms with Gasteiger partial charge in [0.05, 0.1) is 27.4 Å². The smallest absolute Gasteiger partial charge is 0.435 e. The predicted octanol–water partition coefficient (Wildman–Crippen LogP) is 1.98. The first-order valence-electron chi connectivity index (χ1n) is 14.1. The van der Waals surface area contributed by atoms with E-state index < -0.39 is 57.7 Å². The third-order valence-corrected chi connectivity index (χ3v) is 8.61. The molecule has 0 fully saturated rings. The summed E-state index contributed by atoms with van der Waals surface area (Å²) >= 11 is 0. The number of carbonyl (C=O) groups excluding carboxylic acids is 3. The van der Waals surface area contributed by atoms with Crippen LogP contribution in [0.3, 0.4) is 0 Å². The Morgan fingerprint density at radius 2 is 1.60 bits per heavy atom. The number of carbonyl (C=O) groups is 3. The Kier molecular flexibility index (Phi) is 9.49. The summed E-state index contributed by atoms with van der Waals surface area (Å²) in [7, 11) is -3.31. The number of aryl methyl sites for hydroxylation is 1. The average Bonchev–Trinajstić information content (AvgIpc) is 3.60. The lowest BCUT2D eigenvalue weighted by atomic mass is 10.1. The third kappa shape index (κ3) is 7.13. The van der Waals surface area contributed by atoms with E-state index in [1.54, 1.807) is 36.4 Å². The Morgan fingerprint density at radius 3 is 2.17 bits per heavy atom. The summed E-state index contributed by atoms with van der Waals surface area (Å²) in [6.45, 7) is 2.42. The van der Waals surface area contributed by atoms with E-state index in [0.717, 1.165) is 45.4 Å². The van der Waals surface area contributed by atoms with Crippen molar-refractivity contribution in [2.75, 3.05) is 13.6 Å². The standard InChI is InChI=1S/C30H28F3N7O7S/c1-18-8-10-20(11-9-18)25-16-26(30(31,32)33)34-39(25)21-12-14-22(15-13-21)48(45,46)35-27(41)17-37(3)40(44)36-47-19(2)38-28(42)23-6-4-5-7-24(23)29(38)43/h4-16,19,36,40H,17H2,1-3H3,(H,35,41). The van der Waals surface area contributed by atoms with Crippen molar-refractivity contribution >= 4 is 27.7 Å². The monoisotopic (exact) mass is 687 g/mol. The number of sulfonamides is 1. The van der Waals surface area contributed by atoms with E-state index in [2.05, 4.69) is 5.10 Å². The fourth-order valence-electron chi connectivity index (χ4n) is 4.75. The molecule has 18 heteroatoms. The van der Waals surface area contributed by atoms with Crippen LogP contribution in [0.2, 0.25) is 0 Å². The summed E-state index contributed by atoms with van der Waals surface area (Å²) < 4.78 is 69.2. The fraction of sp³-hybridized carbons (Fsp3) is 0.200. The van der Waals surface area contributed by atoms with Crippen LogP contribution in [-0.4, -0.2) is 65.6 Å². The zero-order chi connectivity index (χ0) is 35.0. The molecule has 2 atom stereocenters. The first kappa shape index (κ1) is 34.4. The molecule has 14 nitrogen and oxygen atoms in total. The summed E-state index contributed by atoms with van der Waals surface area (Å²) in [6.07, 6.45) is -5.95. The lowest BCUT2D eigenvalue weighted by molar-refractivity contribution is -1.03. The predicted molar refractivity (Wildman–Crippen MR) is 162 cm³/mol. The molecule has 48 heavy (non-hydrogen) atoms. The van der Waals surface area contributed by atoms with Gasteiger partial charge in [-0.25, -0.2) is 27.6 Å². The number of fused-ring (bicyclic) bond motifs is 1. The summed E-state index contributed by atoms with van der Waals surface area (Å²) in [5.41, 5.74) is 2.82. The number of amides is 3. The van der Waals surface area contributed by atoms with E-state index >= 15 is 0 Å². The molecule has 4 aromatic rings. The number of nitrogens with one attached hydrogen (secondary N) is 3. The molecule has 0 saturated carbocycles. The van der Waals surface area contributed by atoms with Gasteiger partial charge in [-0.3, -0.25) is 14.4 Å². The molecule has 0 spiro atoms. The quantitative estimate of drug-likeness (QED) is 0.157. The van der Waals surface area contributed by atoms with Crippen molar-refractivity contribution in [3.8, 4) is 16.9 Å². The molecule has 1 aromatic heterocycles. The van der Waals surface area contributed by atoms with Crippen LogP contribution in [0.25, 0.3) is 16.9 Å². The molecule has 1 aliphatic rings. The van der Waals surface area contributed by atoms with Crippen LogP contribution in [0.5, 0.6) is 0 Å². The minimum atomic E-state index is -4.73. The number of hydrogen-bond donors (Lipinski definition) is 3. The summed E-state index contributed by atoms with van der Waals surface area (Å²) in [5, 5.41) is 16.0. The van der Waals surface area contributed by atoms with Crippen molar-refractivity contribution in [1.29, 1.82) is 0 Å². The second-order valence-corrected chi connectivity index (χ2v) is 12.4. The molecule has 2 heterocycles. The lowest BCUT2D eigenvalue weighted by Gasteiger charge is -2.31. The molecule has 3 amide bonds. The van der Waals surface area contributed by atoms with Crippen LogP contribution in [-0.2, 0) is 25.8 Å². The molecule has 0 aliphatic carbocycles. The zero-order valence-corrected chi connectivity index (χ0v) is 26.3. The van der Waals surface area contributed by atoms with Gasteiger partial charge in [0.2, 0.25) is 0 Å². The maximum absolute atomic E-state index is 13.5. The molecule has 0 saturated heterocycles. The molecule has 3 N–H and O–H groups in total. The van der Waals surface area contributed by atoms with Crippen molar-refractivity contribution in [3.05, 3.63) is 106 Å². The molecule has 2 unspecified atom stereocenters. The van der Waals surface area contributed by atoms with Crippen LogP contribution in [0.15, 0.2) is 83.8 Å². The molecule has 1 aliphatic heterocycles. The highest BCUT2D eigenvalue weighted by molar-refractivity contribution is 7.90. The van der Waals surface area contributed by atoms with Gasteiger partial charge in [0.25, 0.3) is 27.7 Å². The molecule has 3 aromatic carbocycles. The number of likely N-dealkylation sites (N-methyl/N-ethyl adjacent to an activating group) is 1. The van der Waals surface area contributed by atoms with E-state index in [1.165, 1.54) is 31.2 Å². The minimum absolute atomic E-state index is 0.120. The normalized spacial score (nSPS) is 14.7. The Bertz CT molecular complexity index is 1930. The molecule has 0 bridgehead atoms. The zero-order valence-electron chi connectivity index (χ0n) is 25.5. The Labute approximate surface area is 271 Å². The number of hydrogen-bond acceptors (Lipinski definition) is 10. The number of quaternary nitrogens is 1. The van der Waals surface area contributed by atoms with Gasteiger partial charge in [-0.05, 0) is 61.9 Å². The first-order valence-corrected chi connectivity index (χ1v) is 15.6. The van der Waals surface area contributed by atoms with Crippen LogP contribution in [0.1, 0.15) is 38.9 Å². The second-order valence-electron chi connectivity index (χ2n) is 10.7. The van der Waals surface area contributed by atoms with Gasteiger partial charge in [-0.2, -0.15) is 23.6 Å². The van der Waals surface area contributed by atoms with E-state index in [-0.39, 0.29) is 27.4 Å². The lowest BCUT2D eigenvalue weighted by Crippen LogP contribution is -3.20.